The summed E-state index contributed by atoms with van der Waals surface area (Å²) < 4.78 is 31.7. The smallest absolute Gasteiger partial charge is 0.475 e. The van der Waals surface area contributed by atoms with Gasteiger partial charge in [-0.25, -0.2) is 4.79 Å². The second-order valence-electron chi connectivity index (χ2n) is 9.54. The lowest BCUT2D eigenvalue weighted by atomic mass is 9.77. The first-order valence-electron chi connectivity index (χ1n) is 11.2. The molecule has 0 radical (unpaired) electrons. The minimum Gasteiger partial charge on any atom is -0.475 e. The fourth-order valence-electron chi connectivity index (χ4n) is 4.21. The Balaban J connectivity index is 0.000000406. The lowest BCUT2D eigenvalue weighted by Crippen LogP contribution is -2.41. The molecule has 1 amide bonds. The maximum atomic E-state index is 12.7. The molecule has 1 aromatic carbocycles. The van der Waals surface area contributed by atoms with Crippen LogP contribution in [-0.4, -0.2) is 44.9 Å². The maximum Gasteiger partial charge on any atom is 0.490 e. The molecule has 10 heteroatoms. The molecule has 4 rings (SSSR count). The molecule has 1 heterocycles. The van der Waals surface area contributed by atoms with Gasteiger partial charge in [-0.3, -0.25) is 9.78 Å². The molecule has 186 valence electrons. The number of rotatable bonds is 4. The van der Waals surface area contributed by atoms with Gasteiger partial charge < -0.3 is 15.5 Å². The molecule has 0 atom stereocenters. The van der Waals surface area contributed by atoms with Gasteiger partial charge >= 0.3 is 12.1 Å². The number of carbonyl (C=O) groups is 2. The minimum atomic E-state index is -5.08. The highest BCUT2D eigenvalue weighted by Crippen LogP contribution is 2.44. The third kappa shape index (κ3) is 6.82. The van der Waals surface area contributed by atoms with Crippen LogP contribution in [0.5, 0.6) is 0 Å². The van der Waals surface area contributed by atoms with E-state index in [1.165, 1.54) is 18.4 Å². The van der Waals surface area contributed by atoms with Crippen LogP contribution in [-0.2, 0) is 4.79 Å². The van der Waals surface area contributed by atoms with Gasteiger partial charge in [-0.05, 0) is 88.0 Å². The zero-order valence-corrected chi connectivity index (χ0v) is 19.7. The van der Waals surface area contributed by atoms with E-state index in [0.29, 0.717) is 17.4 Å². The second-order valence-corrected chi connectivity index (χ2v) is 9.95. The van der Waals surface area contributed by atoms with E-state index in [9.17, 15) is 23.1 Å². The van der Waals surface area contributed by atoms with Crippen molar-refractivity contribution in [3.63, 3.8) is 0 Å². The first-order chi connectivity index (χ1) is 15.8. The van der Waals surface area contributed by atoms with E-state index in [0.717, 1.165) is 41.6 Å². The van der Waals surface area contributed by atoms with E-state index >= 15 is 0 Å². The highest BCUT2D eigenvalue weighted by Gasteiger charge is 2.38. The summed E-state index contributed by atoms with van der Waals surface area (Å²) in [7, 11) is 0. The summed E-state index contributed by atoms with van der Waals surface area (Å²) in [6, 6.07) is 6.04. The Morgan fingerprint density at radius 2 is 1.65 bits per heavy atom. The van der Waals surface area contributed by atoms with Gasteiger partial charge in [0, 0.05) is 22.6 Å². The van der Waals surface area contributed by atoms with Crippen LogP contribution in [0.4, 0.5) is 13.2 Å². The zero-order valence-electron chi connectivity index (χ0n) is 19.0. The molecule has 2 fully saturated rings. The molecule has 2 aliphatic carbocycles. The van der Waals surface area contributed by atoms with Crippen molar-refractivity contribution in [2.75, 3.05) is 0 Å². The van der Waals surface area contributed by atoms with E-state index in [2.05, 4.69) is 16.4 Å². The van der Waals surface area contributed by atoms with Crippen molar-refractivity contribution in [3.05, 3.63) is 40.5 Å². The normalized spacial score (nSPS) is 20.9. The highest BCUT2D eigenvalue weighted by atomic mass is 35.5. The molecular formula is C24H28ClF3N2O4. The quantitative estimate of drug-likeness (QED) is 0.518. The summed E-state index contributed by atoms with van der Waals surface area (Å²) in [5, 5.41) is 22.1. The summed E-state index contributed by atoms with van der Waals surface area (Å²) in [6.45, 7) is 3.74. The first kappa shape index (κ1) is 26.2. The molecule has 1 aromatic heterocycles. The summed E-state index contributed by atoms with van der Waals surface area (Å²) in [6.07, 6.45) is 2.64. The largest absolute Gasteiger partial charge is 0.490 e. The number of nitrogens with one attached hydrogen (secondary N) is 1. The predicted molar refractivity (Wildman–Crippen MR) is 122 cm³/mol. The number of hydrogen-bond acceptors (Lipinski definition) is 4. The van der Waals surface area contributed by atoms with Gasteiger partial charge in [0.1, 0.15) is 0 Å². The van der Waals surface area contributed by atoms with Gasteiger partial charge in [-0.2, -0.15) is 13.2 Å². The highest BCUT2D eigenvalue weighted by molar-refractivity contribution is 6.32. The average Bonchev–Trinajstić information content (AvgIpc) is 3.57. The van der Waals surface area contributed by atoms with Crippen LogP contribution in [0.2, 0.25) is 5.02 Å². The standard InChI is InChI=1S/C22H27ClN2O2.C2HF3O2/c1-22(2,27)16-5-7-17(8-6-16)25-21(26)15-9-14-10-19(23)18(13-3-4-13)11-20(14)24-12-15;3-2(4,5)1(6)7/h9-13,16-17,27H,3-8H2,1-2H3,(H,25,26);(H,6,7)/t16-,17-;. The summed E-state index contributed by atoms with van der Waals surface area (Å²) in [5.74, 6) is -1.97. The van der Waals surface area contributed by atoms with Crippen molar-refractivity contribution in [1.82, 2.24) is 10.3 Å². The van der Waals surface area contributed by atoms with E-state index in [1.54, 1.807) is 6.20 Å². The first-order valence-corrected chi connectivity index (χ1v) is 11.6. The fourth-order valence-corrected chi connectivity index (χ4v) is 4.54. The van der Waals surface area contributed by atoms with Gasteiger partial charge in [0.15, 0.2) is 0 Å². The average molecular weight is 501 g/mol. The topological polar surface area (TPSA) is 99.5 Å². The molecule has 2 saturated carbocycles. The fraction of sp³-hybridized carbons (Fsp3) is 0.542. The number of carboxylic acid groups (broad SMARTS) is 1. The van der Waals surface area contributed by atoms with Crippen molar-refractivity contribution in [2.45, 2.75) is 76.1 Å². The third-order valence-electron chi connectivity index (χ3n) is 6.38. The van der Waals surface area contributed by atoms with Gasteiger partial charge in [-0.1, -0.05) is 11.6 Å². The number of alkyl halides is 3. The number of carbonyl (C=O) groups excluding carboxylic acids is 1. The molecule has 34 heavy (non-hydrogen) atoms. The number of halogens is 4. The van der Waals surface area contributed by atoms with Crippen molar-refractivity contribution in [3.8, 4) is 0 Å². The SMILES string of the molecule is CC(C)(O)[C@H]1CC[C@H](NC(=O)c2cnc3cc(C4CC4)c(Cl)cc3c2)CC1.O=C(O)C(F)(F)F. The van der Waals surface area contributed by atoms with E-state index in [-0.39, 0.29) is 11.9 Å². The van der Waals surface area contributed by atoms with E-state index in [1.807, 2.05) is 26.0 Å². The molecule has 6 nitrogen and oxygen atoms in total. The van der Waals surface area contributed by atoms with Crippen LogP contribution in [0.15, 0.2) is 24.4 Å². The number of aliphatic hydroxyl groups is 1. The van der Waals surface area contributed by atoms with Crippen molar-refractivity contribution < 1.29 is 33.0 Å². The molecule has 0 aliphatic heterocycles. The van der Waals surface area contributed by atoms with Crippen LogP contribution < -0.4 is 5.32 Å². The van der Waals surface area contributed by atoms with Crippen LogP contribution in [0.3, 0.4) is 0 Å². The molecule has 2 aromatic rings. The van der Waals surface area contributed by atoms with E-state index < -0.39 is 17.7 Å². The molecule has 0 unspecified atom stereocenters. The third-order valence-corrected chi connectivity index (χ3v) is 6.71. The second kappa shape index (κ2) is 10.1. The Labute approximate surface area is 200 Å². The summed E-state index contributed by atoms with van der Waals surface area (Å²) in [4.78, 5) is 26.1. The number of carboxylic acids is 1. The lowest BCUT2D eigenvalue weighted by molar-refractivity contribution is -0.192. The maximum absolute atomic E-state index is 12.7. The molecule has 0 spiro atoms. The number of aromatic nitrogens is 1. The van der Waals surface area contributed by atoms with Crippen LogP contribution in [0.25, 0.3) is 10.9 Å². The molecule has 0 bridgehead atoms. The number of nitrogens with zero attached hydrogens (tertiary/aromatic N) is 1. The summed E-state index contributed by atoms with van der Waals surface area (Å²) in [5.41, 5.74) is 2.00. The van der Waals surface area contributed by atoms with Gasteiger partial charge in [0.25, 0.3) is 5.91 Å². The monoisotopic (exact) mass is 500 g/mol. The number of fused-ring (bicyclic) bond motifs is 1. The van der Waals surface area contributed by atoms with Crippen LogP contribution >= 0.6 is 11.6 Å². The minimum absolute atomic E-state index is 0.0847. The number of amides is 1. The Morgan fingerprint density at radius 1 is 1.06 bits per heavy atom. The Bertz CT molecular complexity index is 1060. The van der Waals surface area contributed by atoms with Crippen molar-refractivity contribution >= 4 is 34.4 Å². The zero-order chi connectivity index (χ0) is 25.3. The summed E-state index contributed by atoms with van der Waals surface area (Å²) >= 11 is 6.43. The molecule has 0 saturated heterocycles. The van der Waals surface area contributed by atoms with Gasteiger partial charge in [0.2, 0.25) is 0 Å². The van der Waals surface area contributed by atoms with Crippen LogP contribution in [0.1, 0.15) is 74.2 Å². The van der Waals surface area contributed by atoms with Crippen molar-refractivity contribution in [2.24, 2.45) is 5.92 Å². The van der Waals surface area contributed by atoms with Crippen LogP contribution in [0, 0.1) is 5.92 Å². The number of aliphatic carboxylic acids is 1. The molecule has 2 aliphatic rings. The number of hydrogen-bond donors (Lipinski definition) is 3. The Kier molecular flexibility index (Phi) is 7.77. The lowest BCUT2D eigenvalue weighted by Gasteiger charge is -2.36. The molecular weight excluding hydrogens is 473 g/mol. The number of pyridine rings is 1. The molecule has 3 N–H and O–H groups in total. The van der Waals surface area contributed by atoms with Gasteiger partial charge in [0.05, 0.1) is 16.7 Å². The van der Waals surface area contributed by atoms with Crippen molar-refractivity contribution in [1.29, 1.82) is 0 Å². The predicted octanol–water partition coefficient (Wildman–Crippen LogP) is 5.46. The van der Waals surface area contributed by atoms with Gasteiger partial charge in [-0.15, -0.1) is 0 Å². The Morgan fingerprint density at radius 3 is 2.15 bits per heavy atom. The Hall–Kier alpha value is -2.39. The van der Waals surface area contributed by atoms with E-state index in [4.69, 9.17) is 21.5 Å². The number of benzene rings is 1.